The number of likely N-dealkylation sites (N-methyl/N-ethyl adjacent to an activating group) is 1. The van der Waals surface area contributed by atoms with Crippen molar-refractivity contribution in [1.29, 1.82) is 0 Å². The van der Waals surface area contributed by atoms with Crippen LogP contribution >= 0.6 is 0 Å². The van der Waals surface area contributed by atoms with Crippen LogP contribution in [0.15, 0.2) is 60.8 Å². The summed E-state index contributed by atoms with van der Waals surface area (Å²) in [5.41, 5.74) is 0. The Balaban J connectivity index is 4.49. The van der Waals surface area contributed by atoms with Gasteiger partial charge in [0.15, 0.2) is 6.10 Å². The van der Waals surface area contributed by atoms with E-state index in [1.54, 1.807) is 21.1 Å². The molecule has 0 rings (SSSR count). The SMILES string of the molecule is CC/C=C\C/C=C\C/C=C\CCCCCC(=O)OC(COCCC(C(=O)[O-])[N+](C)(C)C)COC(=O)CCCCCCC/C=C\C/C=C\CCCC. The highest BCUT2D eigenvalue weighted by Crippen LogP contribution is 2.12. The molecule has 0 saturated carbocycles. The standard InChI is InChI=1S/C43H73NO7/c1-6-8-10-12-14-16-18-20-22-23-25-27-29-31-33-41(45)50-38-39(37-49-36-35-40(43(47)48)44(3,4)5)51-42(46)34-32-30-28-26-24-21-19-17-15-13-11-9-7-2/h9,11-12,14-15,17-18,20-21,24,39-40H,6-8,10,13,16,19,22-23,25-38H2,1-5H3/b11-9-,14-12-,17-15-,20-18-,24-21-. The first kappa shape index (κ1) is 48.0. The number of hydrogen-bond acceptors (Lipinski definition) is 7. The van der Waals surface area contributed by atoms with E-state index < -0.39 is 18.1 Å². The van der Waals surface area contributed by atoms with Crippen molar-refractivity contribution in [2.45, 2.75) is 154 Å². The Labute approximate surface area is 311 Å². The number of carboxylic acid groups (broad SMARTS) is 1. The van der Waals surface area contributed by atoms with Gasteiger partial charge in [-0.1, -0.05) is 113 Å². The van der Waals surface area contributed by atoms with Crippen LogP contribution in [0, 0.1) is 0 Å². The van der Waals surface area contributed by atoms with Gasteiger partial charge in [0.1, 0.15) is 12.6 Å². The number of unbranched alkanes of at least 4 members (excludes halogenated alkanes) is 10. The van der Waals surface area contributed by atoms with Crippen molar-refractivity contribution >= 4 is 17.9 Å². The smallest absolute Gasteiger partial charge is 0.306 e. The molecule has 0 amide bonds. The predicted molar refractivity (Wildman–Crippen MR) is 208 cm³/mol. The monoisotopic (exact) mass is 716 g/mol. The highest BCUT2D eigenvalue weighted by molar-refractivity contribution is 5.70. The molecule has 0 aromatic rings. The predicted octanol–water partition coefficient (Wildman–Crippen LogP) is 8.91. The topological polar surface area (TPSA) is 102 Å². The minimum Gasteiger partial charge on any atom is -0.544 e. The second kappa shape index (κ2) is 34.1. The minimum atomic E-state index is -1.14. The molecule has 0 fully saturated rings. The quantitative estimate of drug-likeness (QED) is 0.0284. The number of aliphatic carboxylic acids is 1. The van der Waals surface area contributed by atoms with E-state index in [2.05, 4.69) is 74.6 Å². The highest BCUT2D eigenvalue weighted by Gasteiger charge is 2.25. The molecule has 0 aliphatic heterocycles. The first-order valence-electron chi connectivity index (χ1n) is 19.8. The molecule has 8 heteroatoms. The maximum absolute atomic E-state index is 12.6. The van der Waals surface area contributed by atoms with E-state index in [-0.39, 0.29) is 49.1 Å². The van der Waals surface area contributed by atoms with Crippen LogP contribution in [0.4, 0.5) is 0 Å². The molecular formula is C43H73NO7. The van der Waals surface area contributed by atoms with Gasteiger partial charge in [0.2, 0.25) is 0 Å². The molecule has 51 heavy (non-hydrogen) atoms. The zero-order valence-electron chi connectivity index (χ0n) is 33.0. The summed E-state index contributed by atoms with van der Waals surface area (Å²) in [4.78, 5) is 36.7. The molecule has 0 saturated heterocycles. The molecule has 0 heterocycles. The van der Waals surface area contributed by atoms with Crippen LogP contribution in [0.2, 0.25) is 0 Å². The Morgan fingerprint density at radius 1 is 0.608 bits per heavy atom. The Morgan fingerprint density at radius 2 is 1.10 bits per heavy atom. The zero-order valence-corrected chi connectivity index (χ0v) is 33.0. The Kier molecular flexibility index (Phi) is 32.1. The van der Waals surface area contributed by atoms with Gasteiger partial charge < -0.3 is 28.6 Å². The molecule has 0 aromatic heterocycles. The van der Waals surface area contributed by atoms with Crippen LogP contribution in [0.1, 0.15) is 142 Å². The number of quaternary nitrogens is 1. The van der Waals surface area contributed by atoms with Gasteiger partial charge in [-0.05, 0) is 70.6 Å². The summed E-state index contributed by atoms with van der Waals surface area (Å²) in [7, 11) is 5.37. The maximum atomic E-state index is 12.6. The van der Waals surface area contributed by atoms with Gasteiger partial charge in [-0.3, -0.25) is 9.59 Å². The van der Waals surface area contributed by atoms with Crippen molar-refractivity contribution in [3.8, 4) is 0 Å². The van der Waals surface area contributed by atoms with Gasteiger partial charge >= 0.3 is 11.9 Å². The van der Waals surface area contributed by atoms with Crippen LogP contribution in [0.5, 0.6) is 0 Å². The van der Waals surface area contributed by atoms with Crippen molar-refractivity contribution in [2.24, 2.45) is 0 Å². The molecule has 8 nitrogen and oxygen atoms in total. The minimum absolute atomic E-state index is 0.0215. The normalized spacial score (nSPS) is 13.7. The molecule has 2 unspecified atom stereocenters. The number of carbonyl (C=O) groups excluding carboxylic acids is 3. The van der Waals surface area contributed by atoms with Crippen molar-refractivity contribution in [3.05, 3.63) is 60.8 Å². The maximum Gasteiger partial charge on any atom is 0.306 e. The van der Waals surface area contributed by atoms with Crippen molar-refractivity contribution in [3.63, 3.8) is 0 Å². The Bertz CT molecular complexity index is 1020. The third-order valence-corrected chi connectivity index (χ3v) is 8.39. The number of ether oxygens (including phenoxy) is 3. The fourth-order valence-electron chi connectivity index (χ4n) is 5.28. The lowest BCUT2D eigenvalue weighted by molar-refractivity contribution is -0.889. The van der Waals surface area contributed by atoms with Gasteiger partial charge in [-0.2, -0.15) is 0 Å². The van der Waals surface area contributed by atoms with Gasteiger partial charge in [0, 0.05) is 19.3 Å². The van der Waals surface area contributed by atoms with Gasteiger partial charge in [-0.25, -0.2) is 0 Å². The molecule has 0 aromatic carbocycles. The van der Waals surface area contributed by atoms with Crippen molar-refractivity contribution < 1.29 is 38.2 Å². The molecule has 0 aliphatic carbocycles. The van der Waals surface area contributed by atoms with Crippen LogP contribution in [0.3, 0.4) is 0 Å². The lowest BCUT2D eigenvalue weighted by atomic mass is 10.1. The Hall–Kier alpha value is -2.97. The average molecular weight is 716 g/mol. The van der Waals surface area contributed by atoms with Crippen LogP contribution in [0.25, 0.3) is 0 Å². The third-order valence-electron chi connectivity index (χ3n) is 8.39. The second-order valence-corrected chi connectivity index (χ2v) is 14.1. The summed E-state index contributed by atoms with van der Waals surface area (Å²) >= 11 is 0. The summed E-state index contributed by atoms with van der Waals surface area (Å²) < 4.78 is 17.1. The lowest BCUT2D eigenvalue weighted by Crippen LogP contribution is -2.55. The van der Waals surface area contributed by atoms with E-state index in [9.17, 15) is 19.5 Å². The Morgan fingerprint density at radius 3 is 1.65 bits per heavy atom. The summed E-state index contributed by atoms with van der Waals surface area (Å²) in [5.74, 6) is -1.80. The summed E-state index contributed by atoms with van der Waals surface area (Å²) in [6.45, 7) is 4.43. The van der Waals surface area contributed by atoms with Gasteiger partial charge in [-0.15, -0.1) is 0 Å². The largest absolute Gasteiger partial charge is 0.544 e. The number of rotatable bonds is 34. The summed E-state index contributed by atoms with van der Waals surface area (Å²) in [6, 6.07) is -0.734. The summed E-state index contributed by atoms with van der Waals surface area (Å²) in [6.07, 6.45) is 39.6. The van der Waals surface area contributed by atoms with Gasteiger partial charge in [0.25, 0.3) is 0 Å². The van der Waals surface area contributed by atoms with E-state index in [0.29, 0.717) is 12.8 Å². The third kappa shape index (κ3) is 32.7. The van der Waals surface area contributed by atoms with E-state index >= 15 is 0 Å². The molecule has 0 N–H and O–H groups in total. The first-order chi connectivity index (χ1) is 24.6. The number of allylic oxidation sites excluding steroid dienone is 10. The van der Waals surface area contributed by atoms with E-state index in [1.807, 2.05) is 0 Å². The number of hydrogen-bond donors (Lipinski definition) is 0. The molecular weight excluding hydrogens is 642 g/mol. The molecule has 0 aliphatic rings. The lowest BCUT2D eigenvalue weighted by Gasteiger charge is -2.34. The number of carboxylic acids is 1. The second-order valence-electron chi connectivity index (χ2n) is 14.1. The fourth-order valence-corrected chi connectivity index (χ4v) is 5.28. The number of carbonyl (C=O) groups is 3. The first-order valence-corrected chi connectivity index (χ1v) is 19.8. The van der Waals surface area contributed by atoms with Crippen LogP contribution in [-0.2, 0) is 28.6 Å². The van der Waals surface area contributed by atoms with E-state index in [1.165, 1.54) is 19.3 Å². The number of nitrogens with zero attached hydrogens (tertiary/aromatic N) is 1. The van der Waals surface area contributed by atoms with E-state index in [0.717, 1.165) is 83.5 Å². The molecule has 0 bridgehead atoms. The summed E-state index contributed by atoms with van der Waals surface area (Å²) in [5, 5.41) is 11.6. The van der Waals surface area contributed by atoms with Gasteiger partial charge in [0.05, 0.1) is 40.3 Å². The number of esters is 2. The van der Waals surface area contributed by atoms with Crippen LogP contribution < -0.4 is 5.11 Å². The molecule has 292 valence electrons. The molecule has 0 radical (unpaired) electrons. The molecule has 2 atom stereocenters. The average Bonchev–Trinajstić information content (AvgIpc) is 3.08. The highest BCUT2D eigenvalue weighted by atomic mass is 16.6. The van der Waals surface area contributed by atoms with Crippen LogP contribution in [-0.4, -0.2) is 75.5 Å². The molecule has 0 spiro atoms. The van der Waals surface area contributed by atoms with E-state index in [4.69, 9.17) is 14.2 Å². The zero-order chi connectivity index (χ0) is 37.8. The fraction of sp³-hybridized carbons (Fsp3) is 0.698. The van der Waals surface area contributed by atoms with Crippen molar-refractivity contribution in [1.82, 2.24) is 0 Å². The van der Waals surface area contributed by atoms with Crippen molar-refractivity contribution in [2.75, 3.05) is 41.0 Å².